The summed E-state index contributed by atoms with van der Waals surface area (Å²) in [4.78, 5) is 7.10. The van der Waals surface area contributed by atoms with Crippen LogP contribution < -0.4 is 32.9 Å². The van der Waals surface area contributed by atoms with Crippen LogP contribution in [0.3, 0.4) is 0 Å². The van der Waals surface area contributed by atoms with Gasteiger partial charge in [-0.1, -0.05) is 0 Å². The van der Waals surface area contributed by atoms with Crippen LogP contribution in [0, 0.1) is 10.2 Å². The van der Waals surface area contributed by atoms with Gasteiger partial charge in [0.15, 0.2) is 0 Å². The van der Waals surface area contributed by atoms with Crippen LogP contribution in [0.1, 0.15) is 38.8 Å². The Morgan fingerprint density at radius 2 is 1.10 bits per heavy atom. The van der Waals surface area contributed by atoms with Gasteiger partial charge in [-0.15, -0.1) is 10.2 Å². The Balaban J connectivity index is 0.000000771. The van der Waals surface area contributed by atoms with Crippen molar-refractivity contribution in [2.45, 2.75) is 27.7 Å². The van der Waals surface area contributed by atoms with E-state index in [9.17, 15) is 0 Å². The second kappa shape index (κ2) is 14.5. The Morgan fingerprint density at radius 3 is 1.56 bits per heavy atom. The van der Waals surface area contributed by atoms with Gasteiger partial charge in [0.2, 0.25) is 0 Å². The SMILES string of the molecule is CCN(CC)c1ccc(C2=CC(c3ccccc3)=C[Se](c3ccc(N(CC)CC)cc3)=[O+]2)cc1.[O-][Cl+3]([O-])([O-])[O-]. The molecule has 0 spiro atoms. The van der Waals surface area contributed by atoms with Crippen LogP contribution in [0.15, 0.2) is 89.9 Å². The molecular weight excluding hydrogens is 583 g/mol. The van der Waals surface area contributed by atoms with Gasteiger partial charge in [0, 0.05) is 0 Å². The average molecular weight is 618 g/mol. The number of halogens is 1. The number of hydrogen-bond acceptors (Lipinski definition) is 6. The summed E-state index contributed by atoms with van der Waals surface area (Å²) in [7, 11) is -4.94. The van der Waals surface area contributed by atoms with Crippen LogP contribution in [-0.2, 0) is 3.47 Å². The van der Waals surface area contributed by atoms with Crippen LogP contribution in [0.25, 0.3) is 11.3 Å². The summed E-state index contributed by atoms with van der Waals surface area (Å²) in [6.07, 6.45) is 2.20. The monoisotopic (exact) mass is 618 g/mol. The summed E-state index contributed by atoms with van der Waals surface area (Å²) >= 11 is -1.65. The van der Waals surface area contributed by atoms with E-state index in [2.05, 4.69) is 127 Å². The normalized spacial score (nSPS) is 14.8. The van der Waals surface area contributed by atoms with Gasteiger partial charge in [-0.3, -0.25) is 0 Å². The second-order valence-corrected chi connectivity index (χ2v) is 12.4. The first-order valence-electron chi connectivity index (χ1n) is 12.9. The van der Waals surface area contributed by atoms with E-state index in [1.54, 1.807) is 0 Å². The summed E-state index contributed by atoms with van der Waals surface area (Å²) in [5, 5.41) is 0. The summed E-state index contributed by atoms with van der Waals surface area (Å²) in [6, 6.07) is 28.4. The Morgan fingerprint density at radius 1 is 0.641 bits per heavy atom. The number of nitrogens with zero attached hydrogens (tertiary/aromatic N) is 2. The maximum atomic E-state index is 8.49. The smallest absolute Gasteiger partial charge is 0.112 e. The van der Waals surface area contributed by atoms with E-state index < -0.39 is 24.1 Å². The minimum absolute atomic E-state index is 0.963. The molecule has 0 aliphatic carbocycles. The van der Waals surface area contributed by atoms with E-state index in [1.807, 2.05) is 0 Å². The Kier molecular flexibility index (Phi) is 11.5. The number of anilines is 2. The molecule has 0 fully saturated rings. The number of rotatable bonds is 9. The van der Waals surface area contributed by atoms with Crippen molar-refractivity contribution >= 4 is 41.0 Å². The van der Waals surface area contributed by atoms with Crippen LogP contribution in [0.5, 0.6) is 0 Å². The van der Waals surface area contributed by atoms with Crippen LogP contribution in [0.2, 0.25) is 0 Å². The fraction of sp³-hybridized carbons (Fsp3) is 0.267. The van der Waals surface area contributed by atoms with Gasteiger partial charge in [0.05, 0.1) is 0 Å². The number of allylic oxidation sites excluding steroid dienone is 2. The van der Waals surface area contributed by atoms with E-state index in [0.29, 0.717) is 0 Å². The van der Waals surface area contributed by atoms with Crippen molar-refractivity contribution in [3.8, 4) is 0 Å². The zero-order valence-electron chi connectivity index (χ0n) is 22.7. The van der Waals surface area contributed by atoms with E-state index >= 15 is 0 Å². The second-order valence-electron chi connectivity index (χ2n) is 8.59. The van der Waals surface area contributed by atoms with Gasteiger partial charge in [-0.25, -0.2) is 18.6 Å². The third kappa shape index (κ3) is 9.12. The van der Waals surface area contributed by atoms with Crippen molar-refractivity contribution in [3.05, 3.63) is 101 Å². The van der Waals surface area contributed by atoms with Crippen molar-refractivity contribution in [3.63, 3.8) is 0 Å². The minimum atomic E-state index is -4.94. The molecule has 0 amide bonds. The fourth-order valence-electron chi connectivity index (χ4n) is 4.27. The van der Waals surface area contributed by atoms with Crippen LogP contribution in [0.4, 0.5) is 11.4 Å². The first-order valence-corrected chi connectivity index (χ1v) is 16.7. The van der Waals surface area contributed by atoms with Crippen molar-refractivity contribution in [1.82, 2.24) is 0 Å². The number of benzene rings is 3. The van der Waals surface area contributed by atoms with Gasteiger partial charge in [-0.05, 0) is 0 Å². The third-order valence-corrected chi connectivity index (χ3v) is 9.57. The summed E-state index contributed by atoms with van der Waals surface area (Å²) in [6.45, 7) is 12.8. The summed E-state index contributed by atoms with van der Waals surface area (Å²) in [5.41, 5.74) is 6.13. The third-order valence-electron chi connectivity index (χ3n) is 6.29. The molecule has 0 bridgehead atoms. The predicted octanol–water partition coefficient (Wildman–Crippen LogP) is 1.47. The molecule has 39 heavy (non-hydrogen) atoms. The Bertz CT molecular complexity index is 1220. The standard InChI is InChI=1S/C30H35N2OSe.ClHO4/c1-5-31(6-2)27-16-14-25(15-17-27)30-22-26(24-12-10-9-11-13-24)23-34(33-30)29-20-18-28(19-21-29)32(7-3)8-4;2-1(3,4)5/h9-23H,5-8H2,1-4H3;(H,2,3,4,5)/q+1;/p-1. The minimum Gasteiger partial charge on any atom is -0.222 e. The largest absolute Gasteiger partial charge is 0.222 e. The van der Waals surface area contributed by atoms with Gasteiger partial charge in [-0.2, -0.15) is 0 Å². The molecule has 7 nitrogen and oxygen atoms in total. The molecule has 0 aromatic heterocycles. The quantitative estimate of drug-likeness (QED) is 0.266. The molecule has 3 aromatic carbocycles. The first kappa shape index (κ1) is 30.7. The molecule has 9 heteroatoms. The topological polar surface area (TPSA) is 110 Å². The van der Waals surface area contributed by atoms with Gasteiger partial charge < -0.3 is 0 Å². The number of hydrogen-bond donors (Lipinski definition) is 0. The molecule has 3 aromatic rings. The molecule has 1 atom stereocenters. The predicted molar refractivity (Wildman–Crippen MR) is 148 cm³/mol. The Hall–Kier alpha value is -2.81. The summed E-state index contributed by atoms with van der Waals surface area (Å²) < 4.78 is 42.0. The molecule has 1 heterocycles. The maximum Gasteiger partial charge on any atom is -0.112 e. The zero-order valence-corrected chi connectivity index (χ0v) is 25.2. The average Bonchev–Trinajstić information content (AvgIpc) is 2.94. The molecule has 0 saturated carbocycles. The van der Waals surface area contributed by atoms with Crippen LogP contribution in [-0.4, -0.2) is 40.0 Å². The van der Waals surface area contributed by atoms with E-state index in [-0.39, 0.29) is 0 Å². The van der Waals surface area contributed by atoms with Gasteiger partial charge in [0.1, 0.15) is 0 Å². The zero-order chi connectivity index (χ0) is 28.4. The first-order chi connectivity index (χ1) is 18.7. The van der Waals surface area contributed by atoms with E-state index in [1.165, 1.54) is 27.0 Å². The van der Waals surface area contributed by atoms with Crippen LogP contribution >= 0.6 is 0 Å². The molecule has 0 N–H and O–H groups in total. The van der Waals surface area contributed by atoms with E-state index in [4.69, 9.17) is 22.1 Å². The molecule has 1 aliphatic heterocycles. The summed E-state index contributed by atoms with van der Waals surface area (Å²) in [5.74, 6) is 0.963. The van der Waals surface area contributed by atoms with Crippen molar-refractivity contribution in [2.75, 3.05) is 36.0 Å². The molecule has 4 rings (SSSR count). The molecule has 0 saturated heterocycles. The molecule has 0 radical (unpaired) electrons. The molecule has 1 unspecified atom stereocenters. The molecule has 1 aliphatic rings. The van der Waals surface area contributed by atoms with Gasteiger partial charge >= 0.3 is 209 Å². The Labute approximate surface area is 237 Å². The van der Waals surface area contributed by atoms with Gasteiger partial charge in [0.25, 0.3) is 0 Å². The molecule has 208 valence electrons. The van der Waals surface area contributed by atoms with Crippen molar-refractivity contribution < 1.29 is 32.3 Å². The van der Waals surface area contributed by atoms with Crippen molar-refractivity contribution in [2.24, 2.45) is 0 Å². The van der Waals surface area contributed by atoms with E-state index in [0.717, 1.165) is 37.5 Å². The van der Waals surface area contributed by atoms with Crippen molar-refractivity contribution in [1.29, 1.82) is 0 Å². The molecular formula is C30H35ClN2O5Se. The fourth-order valence-corrected chi connectivity index (χ4v) is 7.33. The maximum absolute atomic E-state index is 8.49.